The Morgan fingerprint density at radius 1 is 0.852 bits per heavy atom. The van der Waals surface area contributed by atoms with Crippen LogP contribution in [0.4, 0.5) is 17.2 Å². The number of nitrogens with one attached hydrogen (secondary N) is 2. The summed E-state index contributed by atoms with van der Waals surface area (Å²) in [5.41, 5.74) is 3.82. The van der Waals surface area contributed by atoms with E-state index in [9.17, 15) is 19.2 Å². The molecule has 4 amide bonds. The third-order valence-corrected chi connectivity index (χ3v) is 10.9. The number of imide groups is 2. The highest BCUT2D eigenvalue weighted by Gasteiger charge is 2.44. The first-order valence-corrected chi connectivity index (χ1v) is 19.0. The highest BCUT2D eigenvalue weighted by atomic mass is 16.5. The molecule has 0 bridgehead atoms. The molecule has 3 fully saturated rings. The average Bonchev–Trinajstić information content (AvgIpc) is 3.40. The zero-order chi connectivity index (χ0) is 37.2. The Balaban J connectivity index is 0.714. The molecule has 2 aromatic heterocycles. The molecule has 0 radical (unpaired) electrons. The molecule has 4 aromatic rings. The van der Waals surface area contributed by atoms with Gasteiger partial charge in [0.05, 0.1) is 29.9 Å². The molecule has 280 valence electrons. The molecule has 1 unspecified atom stereocenters. The Hall–Kier alpha value is -5.40. The van der Waals surface area contributed by atoms with Crippen LogP contribution in [0.3, 0.4) is 0 Å². The maximum Gasteiger partial charge on any atom is 0.262 e. The minimum absolute atomic E-state index is 0.0889. The average molecular weight is 732 g/mol. The normalized spacial score (nSPS) is 19.6. The summed E-state index contributed by atoms with van der Waals surface area (Å²) in [5.74, 6) is -0.718. The number of ether oxygens (including phenoxy) is 2. The lowest BCUT2D eigenvalue weighted by molar-refractivity contribution is -0.136. The van der Waals surface area contributed by atoms with E-state index in [-0.39, 0.29) is 30.1 Å². The van der Waals surface area contributed by atoms with Gasteiger partial charge in [-0.05, 0) is 99.3 Å². The zero-order valence-corrected chi connectivity index (χ0v) is 30.5. The predicted octanol–water partition coefficient (Wildman–Crippen LogP) is 5.00. The smallest absolute Gasteiger partial charge is 0.262 e. The Bertz CT molecular complexity index is 2080. The standard InChI is InChI=1S/C41H45N7O6/c1-26-22-43-37(44-29-6-5-28-23-42-14-11-27(28)19-29)21-36(26)47-24-32(25-47)54-30-12-16-46(17-13-30)15-3-2-4-18-53-31-7-8-33-34(20-31)41(52)48(40(33)51)35-9-10-38(49)45-39(35)50/h5-8,11,14,19-23,30,32,35H,2-4,9-10,12-13,15-18,24-25H2,1H3,(H,43,44)(H,45,49,50). The highest BCUT2D eigenvalue weighted by Crippen LogP contribution is 2.32. The number of unbranched alkanes of at least 4 members (excludes halogenated alkanes) is 2. The van der Waals surface area contributed by atoms with Gasteiger partial charge >= 0.3 is 0 Å². The molecule has 3 saturated heterocycles. The monoisotopic (exact) mass is 731 g/mol. The van der Waals surface area contributed by atoms with Crippen molar-refractivity contribution in [3.8, 4) is 5.75 Å². The molecule has 8 rings (SSSR count). The molecule has 0 saturated carbocycles. The van der Waals surface area contributed by atoms with Gasteiger partial charge in [0, 0.05) is 74.0 Å². The van der Waals surface area contributed by atoms with E-state index in [1.54, 1.807) is 18.2 Å². The van der Waals surface area contributed by atoms with Crippen molar-refractivity contribution in [2.24, 2.45) is 0 Å². The van der Waals surface area contributed by atoms with Crippen LogP contribution in [0.1, 0.15) is 71.2 Å². The van der Waals surface area contributed by atoms with E-state index in [0.717, 1.165) is 97.6 Å². The third-order valence-electron chi connectivity index (χ3n) is 10.9. The van der Waals surface area contributed by atoms with E-state index in [1.807, 2.05) is 24.7 Å². The van der Waals surface area contributed by atoms with E-state index < -0.39 is 29.7 Å². The van der Waals surface area contributed by atoms with Crippen molar-refractivity contribution in [3.63, 3.8) is 0 Å². The van der Waals surface area contributed by atoms with Crippen LogP contribution in [-0.2, 0) is 14.3 Å². The predicted molar refractivity (Wildman–Crippen MR) is 203 cm³/mol. The second kappa shape index (κ2) is 15.5. The highest BCUT2D eigenvalue weighted by molar-refractivity contribution is 6.23. The minimum Gasteiger partial charge on any atom is -0.494 e. The van der Waals surface area contributed by atoms with Gasteiger partial charge in [-0.15, -0.1) is 0 Å². The fourth-order valence-corrected chi connectivity index (χ4v) is 7.84. The number of carbonyl (C=O) groups is 4. The SMILES string of the molecule is Cc1cnc(Nc2ccc3cnccc3c2)cc1N1CC(OC2CCN(CCCCCOc3ccc4c(c3)C(=O)N(C3CCC(=O)NC3=O)C4=O)CC2)C1. The van der Waals surface area contributed by atoms with Crippen molar-refractivity contribution in [1.82, 2.24) is 25.1 Å². The van der Waals surface area contributed by atoms with Crippen LogP contribution in [0.15, 0.2) is 67.1 Å². The van der Waals surface area contributed by atoms with Crippen molar-refractivity contribution in [2.75, 3.05) is 49.5 Å². The number of carbonyl (C=O) groups excluding carboxylic acids is 4. The first kappa shape index (κ1) is 35.6. The van der Waals surface area contributed by atoms with Crippen molar-refractivity contribution in [2.45, 2.75) is 70.1 Å². The number of rotatable bonds is 13. The number of fused-ring (bicyclic) bond motifs is 2. The van der Waals surface area contributed by atoms with Crippen LogP contribution in [0, 0.1) is 6.92 Å². The lowest BCUT2D eigenvalue weighted by Crippen LogP contribution is -2.54. The quantitative estimate of drug-likeness (QED) is 0.142. The molecule has 0 aliphatic carbocycles. The molecular weight excluding hydrogens is 686 g/mol. The number of aryl methyl sites for hydroxylation is 1. The van der Waals surface area contributed by atoms with Crippen molar-refractivity contribution in [1.29, 1.82) is 0 Å². The first-order chi connectivity index (χ1) is 26.3. The summed E-state index contributed by atoms with van der Waals surface area (Å²) in [7, 11) is 0. The maximum atomic E-state index is 13.1. The number of hydrogen-bond acceptors (Lipinski definition) is 11. The second-order valence-corrected chi connectivity index (χ2v) is 14.7. The van der Waals surface area contributed by atoms with Gasteiger partial charge in [0.15, 0.2) is 0 Å². The number of likely N-dealkylation sites (tertiary alicyclic amines) is 1. The van der Waals surface area contributed by atoms with Crippen LogP contribution >= 0.6 is 0 Å². The second-order valence-electron chi connectivity index (χ2n) is 14.7. The van der Waals surface area contributed by atoms with Gasteiger partial charge in [-0.25, -0.2) is 4.98 Å². The topological polar surface area (TPSA) is 146 Å². The number of hydrogen-bond donors (Lipinski definition) is 2. The number of aromatic nitrogens is 2. The molecule has 13 nitrogen and oxygen atoms in total. The Labute approximate surface area is 314 Å². The summed E-state index contributed by atoms with van der Waals surface area (Å²) < 4.78 is 12.5. The fraction of sp³-hybridized carbons (Fsp3) is 0.415. The minimum atomic E-state index is -0.979. The largest absolute Gasteiger partial charge is 0.494 e. The molecule has 4 aliphatic heterocycles. The van der Waals surface area contributed by atoms with Crippen LogP contribution in [0.5, 0.6) is 5.75 Å². The molecule has 2 N–H and O–H groups in total. The van der Waals surface area contributed by atoms with Gasteiger partial charge in [-0.2, -0.15) is 0 Å². The van der Waals surface area contributed by atoms with E-state index in [2.05, 4.69) is 61.6 Å². The maximum absolute atomic E-state index is 13.1. The zero-order valence-electron chi connectivity index (χ0n) is 30.5. The van der Waals surface area contributed by atoms with E-state index in [4.69, 9.17) is 9.47 Å². The van der Waals surface area contributed by atoms with Gasteiger partial charge in [-0.3, -0.25) is 34.4 Å². The summed E-state index contributed by atoms with van der Waals surface area (Å²) in [6.07, 6.45) is 11.4. The number of piperidine rings is 2. The van der Waals surface area contributed by atoms with Crippen molar-refractivity contribution >= 4 is 51.6 Å². The molecule has 6 heterocycles. The van der Waals surface area contributed by atoms with Crippen LogP contribution in [-0.4, -0.2) is 101 Å². The lowest BCUT2D eigenvalue weighted by atomic mass is 10.0. The summed E-state index contributed by atoms with van der Waals surface area (Å²) in [5, 5.41) is 7.92. The Morgan fingerprint density at radius 2 is 1.69 bits per heavy atom. The van der Waals surface area contributed by atoms with E-state index in [1.165, 1.54) is 5.69 Å². The molecule has 4 aliphatic rings. The van der Waals surface area contributed by atoms with Gasteiger partial charge in [0.25, 0.3) is 11.8 Å². The summed E-state index contributed by atoms with van der Waals surface area (Å²) in [6.45, 7) is 7.51. The summed E-state index contributed by atoms with van der Waals surface area (Å²) in [6, 6.07) is 14.2. The van der Waals surface area contributed by atoms with Crippen LogP contribution < -0.4 is 20.3 Å². The number of anilines is 3. The number of benzene rings is 2. The van der Waals surface area contributed by atoms with Gasteiger partial charge < -0.3 is 24.6 Å². The summed E-state index contributed by atoms with van der Waals surface area (Å²) >= 11 is 0. The van der Waals surface area contributed by atoms with Crippen molar-refractivity contribution < 1.29 is 28.7 Å². The van der Waals surface area contributed by atoms with Crippen molar-refractivity contribution in [3.05, 3.63) is 83.8 Å². The molecular formula is C41H45N7O6. The molecule has 0 spiro atoms. The third kappa shape index (κ3) is 7.64. The lowest BCUT2D eigenvalue weighted by Gasteiger charge is -2.44. The van der Waals surface area contributed by atoms with Crippen LogP contribution in [0.2, 0.25) is 0 Å². The number of pyridine rings is 2. The first-order valence-electron chi connectivity index (χ1n) is 19.0. The van der Waals surface area contributed by atoms with Gasteiger partial charge in [0.1, 0.15) is 17.6 Å². The fourth-order valence-electron chi connectivity index (χ4n) is 7.84. The molecule has 54 heavy (non-hydrogen) atoms. The van der Waals surface area contributed by atoms with E-state index >= 15 is 0 Å². The Kier molecular flexibility index (Phi) is 10.2. The number of nitrogens with zero attached hydrogens (tertiary/aromatic N) is 5. The Morgan fingerprint density at radius 3 is 2.52 bits per heavy atom. The number of amides is 4. The molecule has 13 heteroatoms. The molecule has 2 aromatic carbocycles. The molecule has 1 atom stereocenters. The van der Waals surface area contributed by atoms with Gasteiger partial charge in [-0.1, -0.05) is 6.07 Å². The van der Waals surface area contributed by atoms with Crippen LogP contribution in [0.25, 0.3) is 10.8 Å². The van der Waals surface area contributed by atoms with E-state index in [0.29, 0.717) is 18.5 Å². The summed E-state index contributed by atoms with van der Waals surface area (Å²) in [4.78, 5) is 64.5. The van der Waals surface area contributed by atoms with Gasteiger partial charge in [0.2, 0.25) is 11.8 Å².